The summed E-state index contributed by atoms with van der Waals surface area (Å²) in [5.74, 6) is 3.10. The van der Waals surface area contributed by atoms with Crippen LogP contribution in [0.2, 0.25) is 0 Å². The Labute approximate surface area is 93.2 Å². The van der Waals surface area contributed by atoms with Crippen LogP contribution in [-0.2, 0) is 0 Å². The molecular weight excluding hydrogens is 190 g/mol. The molecule has 14 heavy (non-hydrogen) atoms. The molecular formula is C12H25NS. The van der Waals surface area contributed by atoms with Gasteiger partial charge in [-0.15, -0.1) is 0 Å². The van der Waals surface area contributed by atoms with Crippen molar-refractivity contribution in [3.63, 3.8) is 0 Å². The summed E-state index contributed by atoms with van der Waals surface area (Å²) < 4.78 is 0. The zero-order valence-electron chi connectivity index (χ0n) is 9.50. The summed E-state index contributed by atoms with van der Waals surface area (Å²) in [6, 6.07) is 0. The first kappa shape index (κ1) is 12.4. The van der Waals surface area contributed by atoms with Gasteiger partial charge in [0.2, 0.25) is 0 Å². The number of hydrogen-bond acceptors (Lipinski definition) is 2. The molecule has 2 unspecified atom stereocenters. The predicted molar refractivity (Wildman–Crippen MR) is 66.7 cm³/mol. The summed E-state index contributed by atoms with van der Waals surface area (Å²) in [5, 5.41) is 0. The molecule has 1 rings (SSSR count). The molecule has 84 valence electrons. The Balaban J connectivity index is 2.28. The van der Waals surface area contributed by atoms with Crippen molar-refractivity contribution in [2.45, 2.75) is 44.9 Å². The SMILES string of the molecule is CSCCCC1CCCCCC1CN. The number of thioether (sulfide) groups is 1. The van der Waals surface area contributed by atoms with Crippen LogP contribution in [0.4, 0.5) is 0 Å². The second-order valence-electron chi connectivity index (χ2n) is 4.53. The van der Waals surface area contributed by atoms with Crippen LogP contribution in [0, 0.1) is 11.8 Å². The third-order valence-corrected chi connectivity index (χ3v) is 4.24. The van der Waals surface area contributed by atoms with E-state index in [1.165, 1.54) is 50.7 Å². The molecule has 0 aliphatic heterocycles. The van der Waals surface area contributed by atoms with Crippen LogP contribution in [0.3, 0.4) is 0 Å². The van der Waals surface area contributed by atoms with Gasteiger partial charge >= 0.3 is 0 Å². The maximum atomic E-state index is 5.86. The Morgan fingerprint density at radius 3 is 2.50 bits per heavy atom. The molecule has 0 bridgehead atoms. The summed E-state index contributed by atoms with van der Waals surface area (Å²) in [6.45, 7) is 0.921. The molecule has 0 aromatic carbocycles. The van der Waals surface area contributed by atoms with E-state index in [1.54, 1.807) is 0 Å². The Bertz CT molecular complexity index is 138. The Morgan fingerprint density at radius 2 is 1.86 bits per heavy atom. The number of hydrogen-bond donors (Lipinski definition) is 1. The minimum absolute atomic E-state index is 0.833. The van der Waals surface area contributed by atoms with Crippen molar-refractivity contribution in [1.82, 2.24) is 0 Å². The van der Waals surface area contributed by atoms with Crippen LogP contribution in [0.1, 0.15) is 44.9 Å². The average molecular weight is 215 g/mol. The zero-order chi connectivity index (χ0) is 10.2. The highest BCUT2D eigenvalue weighted by Crippen LogP contribution is 2.31. The van der Waals surface area contributed by atoms with Crippen molar-refractivity contribution < 1.29 is 0 Å². The lowest BCUT2D eigenvalue weighted by Crippen LogP contribution is -2.22. The van der Waals surface area contributed by atoms with Crippen molar-refractivity contribution in [2.24, 2.45) is 17.6 Å². The molecule has 1 aliphatic rings. The molecule has 0 spiro atoms. The normalized spacial score (nSPS) is 28.7. The number of nitrogens with two attached hydrogens (primary N) is 1. The first-order valence-electron chi connectivity index (χ1n) is 6.07. The quantitative estimate of drug-likeness (QED) is 0.562. The van der Waals surface area contributed by atoms with E-state index >= 15 is 0 Å². The molecule has 0 radical (unpaired) electrons. The van der Waals surface area contributed by atoms with E-state index in [9.17, 15) is 0 Å². The summed E-state index contributed by atoms with van der Waals surface area (Å²) >= 11 is 1.97. The fourth-order valence-electron chi connectivity index (χ4n) is 2.64. The van der Waals surface area contributed by atoms with Crippen molar-refractivity contribution >= 4 is 11.8 Å². The summed E-state index contributed by atoms with van der Waals surface area (Å²) in [4.78, 5) is 0. The standard InChI is InChI=1S/C12H25NS/c1-14-9-5-8-11-6-3-2-4-7-12(11)10-13/h11-12H,2-10,13H2,1H3. The van der Waals surface area contributed by atoms with Gasteiger partial charge in [0, 0.05) is 0 Å². The monoisotopic (exact) mass is 215 g/mol. The largest absolute Gasteiger partial charge is 0.330 e. The maximum absolute atomic E-state index is 5.86. The highest BCUT2D eigenvalue weighted by atomic mass is 32.2. The second kappa shape index (κ2) is 7.58. The van der Waals surface area contributed by atoms with Crippen LogP contribution < -0.4 is 5.73 Å². The Hall–Kier alpha value is 0.310. The van der Waals surface area contributed by atoms with Gasteiger partial charge in [-0.1, -0.05) is 25.7 Å². The lowest BCUT2D eigenvalue weighted by Gasteiger charge is -2.23. The van der Waals surface area contributed by atoms with Gasteiger partial charge in [-0.2, -0.15) is 11.8 Å². The van der Waals surface area contributed by atoms with Gasteiger partial charge in [0.05, 0.1) is 0 Å². The highest BCUT2D eigenvalue weighted by molar-refractivity contribution is 7.98. The molecule has 0 amide bonds. The average Bonchev–Trinajstić information content (AvgIpc) is 2.43. The van der Waals surface area contributed by atoms with Crippen LogP contribution >= 0.6 is 11.8 Å². The third-order valence-electron chi connectivity index (χ3n) is 3.54. The fraction of sp³-hybridized carbons (Fsp3) is 1.00. The molecule has 1 aliphatic carbocycles. The highest BCUT2D eigenvalue weighted by Gasteiger charge is 2.21. The van der Waals surface area contributed by atoms with Gasteiger partial charge in [-0.3, -0.25) is 0 Å². The van der Waals surface area contributed by atoms with Crippen molar-refractivity contribution in [1.29, 1.82) is 0 Å². The third kappa shape index (κ3) is 4.22. The fourth-order valence-corrected chi connectivity index (χ4v) is 3.10. The van der Waals surface area contributed by atoms with Gasteiger partial charge in [-0.25, -0.2) is 0 Å². The van der Waals surface area contributed by atoms with Gasteiger partial charge in [0.1, 0.15) is 0 Å². The van der Waals surface area contributed by atoms with E-state index < -0.39 is 0 Å². The first-order chi connectivity index (χ1) is 6.88. The van der Waals surface area contributed by atoms with E-state index in [1.807, 2.05) is 11.8 Å². The van der Waals surface area contributed by atoms with Gasteiger partial charge in [0.15, 0.2) is 0 Å². The molecule has 1 fully saturated rings. The maximum Gasteiger partial charge on any atom is -0.00462 e. The zero-order valence-corrected chi connectivity index (χ0v) is 10.3. The van der Waals surface area contributed by atoms with E-state index in [4.69, 9.17) is 5.73 Å². The van der Waals surface area contributed by atoms with Crippen LogP contribution in [0.15, 0.2) is 0 Å². The topological polar surface area (TPSA) is 26.0 Å². The molecule has 0 aromatic rings. The van der Waals surface area contributed by atoms with Gasteiger partial charge < -0.3 is 5.73 Å². The van der Waals surface area contributed by atoms with E-state index in [2.05, 4.69) is 6.26 Å². The summed E-state index contributed by atoms with van der Waals surface area (Å²) in [7, 11) is 0. The number of rotatable bonds is 5. The van der Waals surface area contributed by atoms with Crippen LogP contribution in [0.25, 0.3) is 0 Å². The first-order valence-corrected chi connectivity index (χ1v) is 7.47. The molecule has 0 heterocycles. The van der Waals surface area contributed by atoms with Gasteiger partial charge in [-0.05, 0) is 49.7 Å². The summed E-state index contributed by atoms with van der Waals surface area (Å²) in [5.41, 5.74) is 5.86. The molecule has 2 atom stereocenters. The van der Waals surface area contributed by atoms with E-state index in [0.717, 1.165) is 18.4 Å². The lowest BCUT2D eigenvalue weighted by atomic mass is 9.85. The Morgan fingerprint density at radius 1 is 1.14 bits per heavy atom. The van der Waals surface area contributed by atoms with Crippen molar-refractivity contribution in [3.8, 4) is 0 Å². The van der Waals surface area contributed by atoms with Crippen LogP contribution in [-0.4, -0.2) is 18.6 Å². The molecule has 0 saturated heterocycles. The van der Waals surface area contributed by atoms with Crippen molar-refractivity contribution in [3.05, 3.63) is 0 Å². The van der Waals surface area contributed by atoms with E-state index in [0.29, 0.717) is 0 Å². The summed E-state index contributed by atoms with van der Waals surface area (Å²) in [6.07, 6.45) is 12.1. The molecule has 0 aromatic heterocycles. The predicted octanol–water partition coefficient (Wildman–Crippen LogP) is 3.28. The van der Waals surface area contributed by atoms with Crippen molar-refractivity contribution in [2.75, 3.05) is 18.6 Å². The Kier molecular flexibility index (Phi) is 6.70. The molecule has 1 saturated carbocycles. The van der Waals surface area contributed by atoms with Crippen LogP contribution in [0.5, 0.6) is 0 Å². The van der Waals surface area contributed by atoms with Gasteiger partial charge in [0.25, 0.3) is 0 Å². The molecule has 1 nitrogen and oxygen atoms in total. The smallest absolute Gasteiger partial charge is 0.00462 e. The lowest BCUT2D eigenvalue weighted by molar-refractivity contribution is 0.300. The minimum atomic E-state index is 0.833. The molecule has 2 N–H and O–H groups in total. The minimum Gasteiger partial charge on any atom is -0.330 e. The molecule has 2 heteroatoms. The van der Waals surface area contributed by atoms with E-state index in [-0.39, 0.29) is 0 Å². The second-order valence-corrected chi connectivity index (χ2v) is 5.51.